The molecule has 4 heteroatoms. The number of hydrogen-bond donors (Lipinski definition) is 0. The van der Waals surface area contributed by atoms with E-state index in [0.29, 0.717) is 11.8 Å². The molecule has 1 aromatic heterocycles. The van der Waals surface area contributed by atoms with Gasteiger partial charge in [0, 0.05) is 19.3 Å². The van der Waals surface area contributed by atoms with Crippen molar-refractivity contribution in [2.24, 2.45) is 0 Å². The highest BCUT2D eigenvalue weighted by molar-refractivity contribution is 5.92. The normalized spacial score (nSPS) is 28.4. The number of aromatic nitrogens is 1. The Labute approximate surface area is 87.9 Å². The minimum Gasteiger partial charge on any atom is -0.368 e. The molecule has 0 N–H and O–H groups in total. The van der Waals surface area contributed by atoms with Gasteiger partial charge in [-0.2, -0.15) is 0 Å². The molecule has 4 nitrogen and oxygen atoms in total. The summed E-state index contributed by atoms with van der Waals surface area (Å²) in [4.78, 5) is 17.9. The van der Waals surface area contributed by atoms with E-state index >= 15 is 0 Å². The molecule has 2 saturated heterocycles. The topological polar surface area (TPSA) is 45.7 Å². The van der Waals surface area contributed by atoms with Crippen LogP contribution in [-0.2, 0) is 4.74 Å². The summed E-state index contributed by atoms with van der Waals surface area (Å²) in [5, 5.41) is 0. The maximum atomic E-state index is 12.0. The molecule has 0 spiro atoms. The first-order valence-electron chi connectivity index (χ1n) is 5.20. The van der Waals surface area contributed by atoms with Crippen LogP contribution in [0, 0.1) is 0 Å². The lowest BCUT2D eigenvalue weighted by Crippen LogP contribution is -2.39. The van der Waals surface area contributed by atoms with E-state index in [1.165, 1.54) is 0 Å². The number of rotatable bonds is 1. The third-order valence-electron chi connectivity index (χ3n) is 2.94. The van der Waals surface area contributed by atoms with Gasteiger partial charge in [-0.1, -0.05) is 6.07 Å². The number of carbonyl (C=O) groups is 1. The summed E-state index contributed by atoms with van der Waals surface area (Å²) in [7, 11) is 0. The first-order valence-corrected chi connectivity index (χ1v) is 5.20. The fourth-order valence-corrected chi connectivity index (χ4v) is 2.02. The zero-order valence-corrected chi connectivity index (χ0v) is 8.30. The van der Waals surface area contributed by atoms with Crippen molar-refractivity contribution in [3.63, 3.8) is 0 Å². The molecule has 3 heterocycles. The van der Waals surface area contributed by atoms with Crippen molar-refractivity contribution in [3.8, 4) is 0 Å². The van der Waals surface area contributed by atoms with Gasteiger partial charge in [0.25, 0.3) is 5.91 Å². The third kappa shape index (κ3) is 1.61. The monoisotopic (exact) mass is 204 g/mol. The maximum Gasteiger partial charge on any atom is 0.272 e. The molecule has 2 fully saturated rings. The number of epoxide rings is 1. The number of fused-ring (bicyclic) bond motifs is 1. The van der Waals surface area contributed by atoms with Crippen LogP contribution in [0.1, 0.15) is 16.9 Å². The van der Waals surface area contributed by atoms with Gasteiger partial charge in [-0.15, -0.1) is 0 Å². The van der Waals surface area contributed by atoms with E-state index in [2.05, 4.69) is 4.98 Å². The van der Waals surface area contributed by atoms with Crippen LogP contribution in [0.2, 0.25) is 0 Å². The Morgan fingerprint density at radius 1 is 1.47 bits per heavy atom. The summed E-state index contributed by atoms with van der Waals surface area (Å²) in [5.41, 5.74) is 0.525. The summed E-state index contributed by atoms with van der Waals surface area (Å²) in [5.74, 6) is 0.0181. The predicted molar refractivity (Wildman–Crippen MR) is 53.4 cm³/mol. The van der Waals surface area contributed by atoms with Crippen LogP contribution in [0.25, 0.3) is 0 Å². The molecule has 2 aliphatic heterocycles. The van der Waals surface area contributed by atoms with Crippen molar-refractivity contribution in [2.75, 3.05) is 13.1 Å². The van der Waals surface area contributed by atoms with Gasteiger partial charge in [0.15, 0.2) is 0 Å². The second-order valence-corrected chi connectivity index (χ2v) is 3.97. The second kappa shape index (κ2) is 3.31. The Kier molecular flexibility index (Phi) is 1.95. The Balaban J connectivity index is 1.74. The van der Waals surface area contributed by atoms with E-state index in [1.807, 2.05) is 17.0 Å². The van der Waals surface area contributed by atoms with Crippen LogP contribution in [0.5, 0.6) is 0 Å². The number of piperidine rings is 1. The van der Waals surface area contributed by atoms with E-state index in [9.17, 15) is 4.79 Å². The molecule has 1 aromatic rings. The minimum absolute atomic E-state index is 0.0181. The van der Waals surface area contributed by atoms with Crippen molar-refractivity contribution in [2.45, 2.75) is 18.6 Å². The van der Waals surface area contributed by atoms with Gasteiger partial charge in [-0.25, -0.2) is 0 Å². The van der Waals surface area contributed by atoms with Crippen LogP contribution in [-0.4, -0.2) is 41.1 Å². The lowest BCUT2D eigenvalue weighted by molar-refractivity contribution is 0.0730. The first kappa shape index (κ1) is 8.85. The minimum atomic E-state index is 0.0181. The average molecular weight is 204 g/mol. The highest BCUT2D eigenvalue weighted by Crippen LogP contribution is 2.30. The molecule has 0 aliphatic carbocycles. The third-order valence-corrected chi connectivity index (χ3v) is 2.94. The first-order chi connectivity index (χ1) is 7.34. The Bertz CT molecular complexity index is 379. The highest BCUT2D eigenvalue weighted by Gasteiger charge is 2.44. The number of ether oxygens (including phenoxy) is 1. The molecule has 2 aliphatic rings. The van der Waals surface area contributed by atoms with Gasteiger partial charge in [-0.3, -0.25) is 9.78 Å². The van der Waals surface area contributed by atoms with Gasteiger partial charge >= 0.3 is 0 Å². The summed E-state index contributed by atoms with van der Waals surface area (Å²) in [6, 6.07) is 5.40. The quantitative estimate of drug-likeness (QED) is 0.632. The molecule has 0 bridgehead atoms. The van der Waals surface area contributed by atoms with Gasteiger partial charge in [0.05, 0.1) is 6.10 Å². The average Bonchev–Trinajstić information content (AvgIpc) is 3.07. The SMILES string of the molecule is O=C(c1ccccn1)N1CCC2OC2C1. The Hall–Kier alpha value is -1.42. The van der Waals surface area contributed by atoms with Gasteiger partial charge in [0.2, 0.25) is 0 Å². The highest BCUT2D eigenvalue weighted by atomic mass is 16.6. The molecule has 2 unspecified atom stereocenters. The van der Waals surface area contributed by atoms with Gasteiger partial charge in [-0.05, 0) is 18.6 Å². The molecular formula is C11H12N2O2. The lowest BCUT2D eigenvalue weighted by Gasteiger charge is -2.23. The van der Waals surface area contributed by atoms with E-state index in [4.69, 9.17) is 4.74 Å². The molecule has 0 radical (unpaired) electrons. The van der Waals surface area contributed by atoms with Crippen molar-refractivity contribution in [1.82, 2.24) is 9.88 Å². The second-order valence-electron chi connectivity index (χ2n) is 3.97. The zero-order valence-electron chi connectivity index (χ0n) is 8.30. The van der Waals surface area contributed by atoms with Crippen molar-refractivity contribution >= 4 is 5.91 Å². The maximum absolute atomic E-state index is 12.0. The van der Waals surface area contributed by atoms with E-state index in [1.54, 1.807) is 12.3 Å². The van der Waals surface area contributed by atoms with Crippen LogP contribution in [0.3, 0.4) is 0 Å². The molecule has 2 atom stereocenters. The summed E-state index contributed by atoms with van der Waals surface area (Å²) < 4.78 is 5.38. The molecule has 78 valence electrons. The fraction of sp³-hybridized carbons (Fsp3) is 0.455. The van der Waals surface area contributed by atoms with E-state index < -0.39 is 0 Å². The molecule has 0 aromatic carbocycles. The summed E-state index contributed by atoms with van der Waals surface area (Å²) >= 11 is 0. The van der Waals surface area contributed by atoms with Crippen LogP contribution >= 0.6 is 0 Å². The van der Waals surface area contributed by atoms with Crippen LogP contribution in [0.15, 0.2) is 24.4 Å². The zero-order chi connectivity index (χ0) is 10.3. The van der Waals surface area contributed by atoms with Crippen molar-refractivity contribution < 1.29 is 9.53 Å². The predicted octanol–water partition coefficient (Wildman–Crippen LogP) is 0.695. The standard InChI is InChI=1S/C11H12N2O2/c14-11(8-3-1-2-5-12-8)13-6-4-9-10(7-13)15-9/h1-3,5,9-10H,4,6-7H2. The molecule has 0 saturated carbocycles. The number of pyridine rings is 1. The number of likely N-dealkylation sites (tertiary alicyclic amines) is 1. The van der Waals surface area contributed by atoms with Gasteiger partial charge in [0.1, 0.15) is 11.8 Å². The number of hydrogen-bond acceptors (Lipinski definition) is 3. The Morgan fingerprint density at radius 3 is 3.13 bits per heavy atom. The van der Waals surface area contributed by atoms with Gasteiger partial charge < -0.3 is 9.64 Å². The van der Waals surface area contributed by atoms with Crippen LogP contribution < -0.4 is 0 Å². The van der Waals surface area contributed by atoms with Crippen molar-refractivity contribution in [3.05, 3.63) is 30.1 Å². The smallest absolute Gasteiger partial charge is 0.272 e. The summed E-state index contributed by atoms with van der Waals surface area (Å²) in [6.07, 6.45) is 3.31. The summed E-state index contributed by atoms with van der Waals surface area (Å²) in [6.45, 7) is 1.51. The molecule has 3 rings (SSSR count). The van der Waals surface area contributed by atoms with E-state index in [0.717, 1.165) is 19.5 Å². The number of carbonyl (C=O) groups excluding carboxylic acids is 1. The van der Waals surface area contributed by atoms with Crippen molar-refractivity contribution in [1.29, 1.82) is 0 Å². The number of nitrogens with zero attached hydrogens (tertiary/aromatic N) is 2. The Morgan fingerprint density at radius 2 is 2.40 bits per heavy atom. The van der Waals surface area contributed by atoms with Crippen LogP contribution in [0.4, 0.5) is 0 Å². The molecule has 15 heavy (non-hydrogen) atoms. The van der Waals surface area contributed by atoms with E-state index in [-0.39, 0.29) is 12.0 Å². The molecular weight excluding hydrogens is 192 g/mol. The fourth-order valence-electron chi connectivity index (χ4n) is 2.02. The lowest BCUT2D eigenvalue weighted by atomic mass is 10.1. The molecule has 1 amide bonds. The largest absolute Gasteiger partial charge is 0.368 e. The number of amides is 1.